The number of nitrogens with one attached hydrogen (secondary N) is 1. The number of nitrogens with zero attached hydrogens (tertiary/aromatic N) is 5. The van der Waals surface area contributed by atoms with Gasteiger partial charge in [-0.3, -0.25) is 24.0 Å². The molecule has 33 heavy (non-hydrogen) atoms. The Kier molecular flexibility index (Phi) is 6.34. The highest BCUT2D eigenvalue weighted by molar-refractivity contribution is 6.05. The molecule has 9 heteroatoms. The average Bonchev–Trinajstić information content (AvgIpc) is 3.55. The Balaban J connectivity index is 1.39. The van der Waals surface area contributed by atoms with Gasteiger partial charge in [0, 0.05) is 57.4 Å². The van der Waals surface area contributed by atoms with Crippen LogP contribution in [0.15, 0.2) is 15.7 Å². The first-order chi connectivity index (χ1) is 16.0. The molecule has 0 aromatic carbocycles. The van der Waals surface area contributed by atoms with Crippen molar-refractivity contribution in [1.82, 2.24) is 29.2 Å². The SMILES string of the molecule is CCCn1c(=O)[nH]c(=O)c2c(C(=O)N3CCN(CCN4CCCC4)CC3)cc(C3CC3)nc21. The summed E-state index contributed by atoms with van der Waals surface area (Å²) in [6.45, 7) is 9.95. The van der Waals surface area contributed by atoms with Gasteiger partial charge in [0.25, 0.3) is 11.5 Å². The number of likely N-dealkylation sites (tertiary alicyclic amines) is 1. The smallest absolute Gasteiger partial charge is 0.329 e. The number of hydrogen-bond acceptors (Lipinski definition) is 6. The molecule has 4 heterocycles. The van der Waals surface area contributed by atoms with Crippen LogP contribution in [0.4, 0.5) is 0 Å². The summed E-state index contributed by atoms with van der Waals surface area (Å²) in [6.07, 6.45) is 5.40. The molecule has 3 aliphatic rings. The highest BCUT2D eigenvalue weighted by Crippen LogP contribution is 2.40. The summed E-state index contributed by atoms with van der Waals surface area (Å²) >= 11 is 0. The van der Waals surface area contributed by atoms with E-state index < -0.39 is 11.2 Å². The zero-order valence-corrected chi connectivity index (χ0v) is 19.5. The standard InChI is InChI=1S/C24H34N6O3/c1-2-7-30-21-20(22(31)26-24(30)33)18(16-19(25-21)17-5-6-17)23(32)29-14-12-28(13-15-29)11-10-27-8-3-4-9-27/h16-17H,2-15H2,1H3,(H,26,31,33). The molecule has 0 unspecified atom stereocenters. The average molecular weight is 455 g/mol. The number of hydrogen-bond donors (Lipinski definition) is 1. The molecule has 2 saturated heterocycles. The fourth-order valence-electron chi connectivity index (χ4n) is 5.12. The van der Waals surface area contributed by atoms with Gasteiger partial charge < -0.3 is 9.80 Å². The van der Waals surface area contributed by atoms with Gasteiger partial charge in [-0.05, 0) is 51.3 Å². The second-order valence-corrected chi connectivity index (χ2v) is 9.66. The Morgan fingerprint density at radius 1 is 1.00 bits per heavy atom. The van der Waals surface area contributed by atoms with E-state index in [2.05, 4.69) is 14.8 Å². The van der Waals surface area contributed by atoms with Crippen molar-refractivity contribution in [1.29, 1.82) is 0 Å². The molecule has 1 N–H and O–H groups in total. The maximum absolute atomic E-state index is 13.6. The van der Waals surface area contributed by atoms with Crippen LogP contribution in [0.25, 0.3) is 11.0 Å². The highest BCUT2D eigenvalue weighted by atomic mass is 16.2. The molecule has 0 bridgehead atoms. The summed E-state index contributed by atoms with van der Waals surface area (Å²) < 4.78 is 1.51. The van der Waals surface area contributed by atoms with Crippen LogP contribution in [-0.2, 0) is 6.54 Å². The van der Waals surface area contributed by atoms with E-state index in [4.69, 9.17) is 4.98 Å². The summed E-state index contributed by atoms with van der Waals surface area (Å²) in [5.41, 5.74) is 0.579. The lowest BCUT2D eigenvalue weighted by atomic mass is 10.1. The third kappa shape index (κ3) is 4.61. The van der Waals surface area contributed by atoms with E-state index >= 15 is 0 Å². The molecule has 178 valence electrons. The number of rotatable bonds is 7. The van der Waals surface area contributed by atoms with Crippen molar-refractivity contribution in [2.45, 2.75) is 51.5 Å². The number of piperazine rings is 1. The molecule has 5 rings (SSSR count). The van der Waals surface area contributed by atoms with Gasteiger partial charge in [-0.25, -0.2) is 9.78 Å². The van der Waals surface area contributed by atoms with Crippen LogP contribution >= 0.6 is 0 Å². The molecular weight excluding hydrogens is 420 g/mol. The van der Waals surface area contributed by atoms with E-state index in [1.807, 2.05) is 11.8 Å². The number of H-pyrrole nitrogens is 1. The van der Waals surface area contributed by atoms with Gasteiger partial charge in [0.2, 0.25) is 0 Å². The van der Waals surface area contributed by atoms with Crippen LogP contribution in [0, 0.1) is 0 Å². The number of aromatic nitrogens is 3. The quantitative estimate of drug-likeness (QED) is 0.676. The van der Waals surface area contributed by atoms with E-state index in [0.717, 1.165) is 51.1 Å². The fraction of sp³-hybridized carbons (Fsp3) is 0.667. The van der Waals surface area contributed by atoms with Gasteiger partial charge in [0.15, 0.2) is 5.65 Å². The molecule has 2 aromatic heterocycles. The summed E-state index contributed by atoms with van der Waals surface area (Å²) in [6, 6.07) is 1.80. The van der Waals surface area contributed by atoms with E-state index in [9.17, 15) is 14.4 Å². The van der Waals surface area contributed by atoms with Crippen molar-refractivity contribution in [3.8, 4) is 0 Å². The van der Waals surface area contributed by atoms with Gasteiger partial charge in [-0.15, -0.1) is 0 Å². The number of amides is 1. The molecule has 0 spiro atoms. The maximum Gasteiger partial charge on any atom is 0.329 e. The molecule has 2 aliphatic heterocycles. The monoisotopic (exact) mass is 454 g/mol. The number of aromatic amines is 1. The predicted octanol–water partition coefficient (Wildman–Crippen LogP) is 1.23. The van der Waals surface area contributed by atoms with Gasteiger partial charge in [-0.2, -0.15) is 0 Å². The lowest BCUT2D eigenvalue weighted by Gasteiger charge is -2.35. The number of carbonyl (C=O) groups excluding carboxylic acids is 1. The van der Waals surface area contributed by atoms with E-state index in [1.165, 1.54) is 30.5 Å². The topological polar surface area (TPSA) is 94.5 Å². The number of carbonyl (C=O) groups is 1. The first-order valence-corrected chi connectivity index (χ1v) is 12.5. The normalized spacial score (nSPS) is 20.1. The lowest BCUT2D eigenvalue weighted by Crippen LogP contribution is -2.50. The maximum atomic E-state index is 13.6. The lowest BCUT2D eigenvalue weighted by molar-refractivity contribution is 0.0628. The van der Waals surface area contributed by atoms with E-state index in [-0.39, 0.29) is 11.3 Å². The van der Waals surface area contributed by atoms with Crippen molar-refractivity contribution in [3.05, 3.63) is 38.2 Å². The van der Waals surface area contributed by atoms with Gasteiger partial charge in [0.1, 0.15) is 0 Å². The minimum atomic E-state index is -0.523. The first kappa shape index (κ1) is 22.3. The minimum Gasteiger partial charge on any atom is -0.336 e. The summed E-state index contributed by atoms with van der Waals surface area (Å²) in [5, 5.41) is 0.244. The predicted molar refractivity (Wildman–Crippen MR) is 127 cm³/mol. The van der Waals surface area contributed by atoms with Crippen LogP contribution in [0.1, 0.15) is 61.0 Å². The van der Waals surface area contributed by atoms with Crippen molar-refractivity contribution in [2.75, 3.05) is 52.4 Å². The molecule has 9 nitrogen and oxygen atoms in total. The third-order valence-electron chi connectivity index (χ3n) is 7.23. The van der Waals surface area contributed by atoms with Crippen molar-refractivity contribution < 1.29 is 4.79 Å². The zero-order chi connectivity index (χ0) is 22.9. The second-order valence-electron chi connectivity index (χ2n) is 9.66. The summed E-state index contributed by atoms with van der Waals surface area (Å²) in [5.74, 6) is 0.184. The third-order valence-corrected chi connectivity index (χ3v) is 7.23. The largest absolute Gasteiger partial charge is 0.336 e. The Morgan fingerprint density at radius 3 is 2.30 bits per heavy atom. The molecule has 1 aliphatic carbocycles. The van der Waals surface area contributed by atoms with Crippen LogP contribution in [-0.4, -0.2) is 87.5 Å². The summed E-state index contributed by atoms with van der Waals surface area (Å²) in [7, 11) is 0. The molecule has 1 saturated carbocycles. The van der Waals surface area contributed by atoms with Gasteiger partial charge >= 0.3 is 5.69 Å². The molecule has 1 amide bonds. The Bertz CT molecular complexity index is 1140. The molecule has 0 radical (unpaired) electrons. The van der Waals surface area contributed by atoms with Gasteiger partial charge in [0.05, 0.1) is 10.9 Å². The first-order valence-electron chi connectivity index (χ1n) is 12.5. The second kappa shape index (κ2) is 9.38. The van der Waals surface area contributed by atoms with Crippen molar-refractivity contribution in [2.24, 2.45) is 0 Å². The number of fused-ring (bicyclic) bond motifs is 1. The molecule has 0 atom stereocenters. The van der Waals surface area contributed by atoms with Crippen LogP contribution in [0.5, 0.6) is 0 Å². The summed E-state index contributed by atoms with van der Waals surface area (Å²) in [4.78, 5) is 52.8. The number of aryl methyl sites for hydroxylation is 1. The van der Waals surface area contributed by atoms with Crippen molar-refractivity contribution in [3.63, 3.8) is 0 Å². The van der Waals surface area contributed by atoms with Crippen LogP contribution in [0.2, 0.25) is 0 Å². The van der Waals surface area contributed by atoms with Crippen molar-refractivity contribution >= 4 is 16.9 Å². The Morgan fingerprint density at radius 2 is 1.67 bits per heavy atom. The Labute approximate surface area is 193 Å². The molecular formula is C24H34N6O3. The Hall–Kier alpha value is -2.52. The van der Waals surface area contributed by atoms with Crippen LogP contribution in [0.3, 0.4) is 0 Å². The zero-order valence-electron chi connectivity index (χ0n) is 19.5. The van der Waals surface area contributed by atoms with E-state index in [0.29, 0.717) is 36.8 Å². The minimum absolute atomic E-state index is 0.129. The van der Waals surface area contributed by atoms with Crippen LogP contribution < -0.4 is 11.2 Å². The highest BCUT2D eigenvalue weighted by Gasteiger charge is 2.31. The van der Waals surface area contributed by atoms with E-state index in [1.54, 1.807) is 6.07 Å². The molecule has 2 aromatic rings. The molecule has 3 fully saturated rings. The number of pyridine rings is 1. The fourth-order valence-corrected chi connectivity index (χ4v) is 5.12. The van der Waals surface area contributed by atoms with Gasteiger partial charge in [-0.1, -0.05) is 6.92 Å².